The van der Waals surface area contributed by atoms with Crippen molar-refractivity contribution in [1.29, 1.82) is 0 Å². The van der Waals surface area contributed by atoms with Crippen LogP contribution in [0.25, 0.3) is 0 Å². The molecule has 0 spiro atoms. The minimum atomic E-state index is -4.18. The first-order chi connectivity index (χ1) is 19.1. The second-order valence-electron chi connectivity index (χ2n) is 9.49. The number of sulfonamides is 1. The van der Waals surface area contributed by atoms with Crippen molar-refractivity contribution in [2.75, 3.05) is 17.5 Å². The van der Waals surface area contributed by atoms with Gasteiger partial charge in [-0.15, -0.1) is 0 Å². The van der Waals surface area contributed by atoms with Crippen molar-refractivity contribution in [1.82, 2.24) is 10.2 Å². The number of nitrogens with one attached hydrogen (secondary N) is 1. The van der Waals surface area contributed by atoms with E-state index < -0.39 is 28.5 Å². The van der Waals surface area contributed by atoms with E-state index in [1.54, 1.807) is 24.3 Å². The van der Waals surface area contributed by atoms with Crippen molar-refractivity contribution in [3.05, 3.63) is 89.4 Å². The number of benzene rings is 3. The Morgan fingerprint density at radius 2 is 1.55 bits per heavy atom. The molecule has 0 fully saturated rings. The van der Waals surface area contributed by atoms with Crippen LogP contribution in [0, 0.1) is 0 Å². The van der Waals surface area contributed by atoms with Crippen LogP contribution >= 0.6 is 11.6 Å². The fraction of sp³-hybridized carbons (Fsp3) is 0.333. The molecule has 3 rings (SSSR count). The summed E-state index contributed by atoms with van der Waals surface area (Å²) in [6.07, 6.45) is 0.351. The maximum atomic E-state index is 14.0. The number of hydrogen-bond acceptors (Lipinski definition) is 5. The minimum absolute atomic E-state index is 0.0159. The van der Waals surface area contributed by atoms with Gasteiger partial charge in [0.2, 0.25) is 11.8 Å². The molecule has 214 valence electrons. The molecule has 0 heterocycles. The van der Waals surface area contributed by atoms with E-state index in [2.05, 4.69) is 5.32 Å². The minimum Gasteiger partial charge on any atom is -0.494 e. The molecule has 3 aromatic rings. The highest BCUT2D eigenvalue weighted by molar-refractivity contribution is 7.92. The molecule has 0 aromatic heterocycles. The Balaban J connectivity index is 2.05. The zero-order valence-corrected chi connectivity index (χ0v) is 24.8. The quantitative estimate of drug-likeness (QED) is 0.295. The van der Waals surface area contributed by atoms with Gasteiger partial charge < -0.3 is 15.0 Å². The summed E-state index contributed by atoms with van der Waals surface area (Å²) in [7, 11) is -4.18. The average Bonchev–Trinajstić information content (AvgIpc) is 2.92. The maximum Gasteiger partial charge on any atom is 0.264 e. The van der Waals surface area contributed by atoms with Gasteiger partial charge in [-0.05, 0) is 81.3 Å². The van der Waals surface area contributed by atoms with Crippen molar-refractivity contribution in [3.8, 4) is 5.75 Å². The van der Waals surface area contributed by atoms with E-state index in [9.17, 15) is 18.0 Å². The predicted molar refractivity (Wildman–Crippen MR) is 158 cm³/mol. The first-order valence-corrected chi connectivity index (χ1v) is 15.0. The van der Waals surface area contributed by atoms with E-state index in [4.69, 9.17) is 16.3 Å². The third-order valence-corrected chi connectivity index (χ3v) is 8.17. The molecule has 0 radical (unpaired) electrons. The summed E-state index contributed by atoms with van der Waals surface area (Å²) in [6.45, 7) is 7.45. The number of carbonyl (C=O) groups excluding carboxylic acids is 2. The van der Waals surface area contributed by atoms with Crippen LogP contribution in [-0.4, -0.2) is 50.4 Å². The van der Waals surface area contributed by atoms with Gasteiger partial charge in [0, 0.05) is 17.6 Å². The summed E-state index contributed by atoms with van der Waals surface area (Å²) in [5, 5.41) is 3.28. The molecule has 10 heteroatoms. The van der Waals surface area contributed by atoms with E-state index in [1.165, 1.54) is 29.2 Å². The van der Waals surface area contributed by atoms with Crippen LogP contribution in [0.5, 0.6) is 5.75 Å². The number of nitrogens with zero attached hydrogens (tertiary/aromatic N) is 2. The van der Waals surface area contributed by atoms with Gasteiger partial charge in [0.15, 0.2) is 0 Å². The monoisotopic (exact) mass is 585 g/mol. The Kier molecular flexibility index (Phi) is 11.0. The highest BCUT2D eigenvalue weighted by Crippen LogP contribution is 2.27. The molecular formula is C30H36ClN3O5S. The second-order valence-corrected chi connectivity index (χ2v) is 11.8. The molecular weight excluding hydrogens is 550 g/mol. The van der Waals surface area contributed by atoms with Gasteiger partial charge in [-0.25, -0.2) is 8.42 Å². The normalized spacial score (nSPS) is 12.1. The molecule has 0 saturated heterocycles. The summed E-state index contributed by atoms with van der Waals surface area (Å²) in [6, 6.07) is 20.6. The molecule has 3 aromatic carbocycles. The molecule has 0 aliphatic heterocycles. The molecule has 0 saturated carbocycles. The van der Waals surface area contributed by atoms with Gasteiger partial charge in [-0.1, -0.05) is 48.9 Å². The number of amides is 2. The van der Waals surface area contributed by atoms with E-state index in [0.717, 1.165) is 9.87 Å². The Morgan fingerprint density at radius 3 is 2.10 bits per heavy atom. The van der Waals surface area contributed by atoms with Crippen molar-refractivity contribution in [2.45, 2.75) is 57.6 Å². The third-order valence-electron chi connectivity index (χ3n) is 6.13. The highest BCUT2D eigenvalue weighted by atomic mass is 35.5. The average molecular weight is 586 g/mol. The van der Waals surface area contributed by atoms with Crippen LogP contribution in [0.15, 0.2) is 83.8 Å². The molecule has 2 amide bonds. The molecule has 1 N–H and O–H groups in total. The number of rotatable bonds is 13. The Labute approximate surface area is 241 Å². The molecule has 8 nitrogen and oxygen atoms in total. The molecule has 0 bridgehead atoms. The van der Waals surface area contributed by atoms with Gasteiger partial charge >= 0.3 is 0 Å². The summed E-state index contributed by atoms with van der Waals surface area (Å²) in [5.74, 6) is -0.237. The Bertz CT molecular complexity index is 1360. The van der Waals surface area contributed by atoms with Crippen molar-refractivity contribution in [2.24, 2.45) is 0 Å². The number of anilines is 1. The summed E-state index contributed by atoms with van der Waals surface area (Å²) in [5.41, 5.74) is 1.10. The van der Waals surface area contributed by atoms with Crippen LogP contribution in [0.2, 0.25) is 5.02 Å². The topological polar surface area (TPSA) is 96.0 Å². The summed E-state index contributed by atoms with van der Waals surface area (Å²) >= 11 is 6.00. The number of halogens is 1. The zero-order valence-electron chi connectivity index (χ0n) is 23.2. The van der Waals surface area contributed by atoms with Crippen LogP contribution < -0.4 is 14.4 Å². The lowest BCUT2D eigenvalue weighted by molar-refractivity contribution is -0.140. The first-order valence-electron chi connectivity index (χ1n) is 13.2. The smallest absolute Gasteiger partial charge is 0.264 e. The standard InChI is InChI=1S/C30H36ClN3O5S/c1-5-28(30(36)32-22(3)4)33(20-23-10-8-7-9-11-23)29(35)21-34(25-14-16-26(17-15-25)39-6-2)40(37,38)27-18-12-24(31)13-19-27/h7-19,22,28H,5-6,20-21H2,1-4H3,(H,32,36). The second kappa shape index (κ2) is 14.2. The Hall–Kier alpha value is -3.56. The van der Waals surface area contributed by atoms with Gasteiger partial charge in [-0.2, -0.15) is 0 Å². The third kappa shape index (κ3) is 7.99. The number of hydrogen-bond donors (Lipinski definition) is 1. The Morgan fingerprint density at radius 1 is 0.925 bits per heavy atom. The first kappa shape index (κ1) is 31.0. The summed E-state index contributed by atoms with van der Waals surface area (Å²) < 4.78 is 34.3. The van der Waals surface area contributed by atoms with Gasteiger partial charge in [0.1, 0.15) is 18.3 Å². The lowest BCUT2D eigenvalue weighted by Gasteiger charge is -2.33. The maximum absolute atomic E-state index is 14.0. The molecule has 0 aliphatic carbocycles. The van der Waals surface area contributed by atoms with Gasteiger partial charge in [0.25, 0.3) is 10.0 Å². The molecule has 1 atom stereocenters. The fourth-order valence-electron chi connectivity index (χ4n) is 4.22. The van der Waals surface area contributed by atoms with Gasteiger partial charge in [0.05, 0.1) is 17.2 Å². The number of carbonyl (C=O) groups is 2. The van der Waals surface area contributed by atoms with E-state index in [0.29, 0.717) is 23.8 Å². The summed E-state index contributed by atoms with van der Waals surface area (Å²) in [4.78, 5) is 28.6. The molecule has 40 heavy (non-hydrogen) atoms. The van der Waals surface area contributed by atoms with Crippen LogP contribution in [0.4, 0.5) is 5.69 Å². The number of ether oxygens (including phenoxy) is 1. The molecule has 1 unspecified atom stereocenters. The van der Waals surface area contributed by atoms with E-state index in [-0.39, 0.29) is 29.1 Å². The van der Waals surface area contributed by atoms with Crippen LogP contribution in [0.1, 0.15) is 39.7 Å². The van der Waals surface area contributed by atoms with Gasteiger partial charge in [-0.3, -0.25) is 13.9 Å². The highest BCUT2D eigenvalue weighted by Gasteiger charge is 2.33. The molecule has 0 aliphatic rings. The van der Waals surface area contributed by atoms with Crippen molar-refractivity contribution >= 4 is 39.1 Å². The fourth-order valence-corrected chi connectivity index (χ4v) is 5.76. The lowest BCUT2D eigenvalue weighted by atomic mass is 10.1. The van der Waals surface area contributed by atoms with Crippen LogP contribution in [-0.2, 0) is 26.2 Å². The SMILES string of the molecule is CCOc1ccc(N(CC(=O)N(Cc2ccccc2)C(CC)C(=O)NC(C)C)S(=O)(=O)c2ccc(Cl)cc2)cc1. The lowest BCUT2D eigenvalue weighted by Crippen LogP contribution is -2.53. The van der Waals surface area contributed by atoms with Crippen LogP contribution in [0.3, 0.4) is 0 Å². The van der Waals surface area contributed by atoms with E-state index in [1.807, 2.05) is 58.0 Å². The van der Waals surface area contributed by atoms with Crippen molar-refractivity contribution in [3.63, 3.8) is 0 Å². The van der Waals surface area contributed by atoms with Crippen molar-refractivity contribution < 1.29 is 22.7 Å². The largest absolute Gasteiger partial charge is 0.494 e. The predicted octanol–water partition coefficient (Wildman–Crippen LogP) is 5.27. The zero-order chi connectivity index (χ0) is 29.3. The van der Waals surface area contributed by atoms with E-state index >= 15 is 0 Å².